The Hall–Kier alpha value is -3.30. The number of benzene rings is 3. The molecule has 5 nitrogen and oxygen atoms in total. The van der Waals surface area contributed by atoms with Gasteiger partial charge < -0.3 is 10.6 Å². The number of rotatable bonds is 7. The molecule has 3 aromatic rings. The highest BCUT2D eigenvalue weighted by Crippen LogP contribution is 2.29. The number of nitrogens with one attached hydrogen (secondary N) is 2. The van der Waals surface area contributed by atoms with E-state index in [-0.39, 0.29) is 30.1 Å². The van der Waals surface area contributed by atoms with Crippen molar-refractivity contribution in [2.24, 2.45) is 0 Å². The van der Waals surface area contributed by atoms with Crippen LogP contribution in [-0.2, 0) is 6.18 Å². The van der Waals surface area contributed by atoms with Gasteiger partial charge in [0, 0.05) is 30.0 Å². The van der Waals surface area contributed by atoms with Crippen LogP contribution in [0, 0.1) is 5.82 Å². The smallest absolute Gasteiger partial charge is 0.352 e. The minimum absolute atomic E-state index is 0.0762. The second-order valence-corrected chi connectivity index (χ2v) is 8.19. The molecule has 0 unspecified atom stereocenters. The van der Waals surface area contributed by atoms with Gasteiger partial charge in [-0.3, -0.25) is 9.69 Å². The Labute approximate surface area is 208 Å². The Kier molecular flexibility index (Phi) is 8.58. The van der Waals surface area contributed by atoms with Gasteiger partial charge in [-0.15, -0.1) is 0 Å². The zero-order valence-corrected chi connectivity index (χ0v) is 19.5. The number of amides is 3. The molecule has 0 fully saturated rings. The average Bonchev–Trinajstić information content (AvgIpc) is 2.81. The highest BCUT2D eigenvalue weighted by atomic mass is 35.5. The molecule has 2 N–H and O–H groups in total. The number of urea groups is 1. The van der Waals surface area contributed by atoms with Crippen molar-refractivity contribution >= 4 is 46.5 Å². The van der Waals surface area contributed by atoms with E-state index in [1.54, 1.807) is 6.07 Å². The standard InChI is InChI=1S/C24H19Cl2F4N3O2/c25-20-10-7-18(14-21(20)26)32-23(35)33(19-8-5-17(27)6-9-19)12-2-11-31-22(34)15-3-1-4-16(13-15)24(28,29)30/h1,3-10,13-14H,2,11-12H2,(H,31,34)(H,32,35). The average molecular weight is 528 g/mol. The van der Waals surface area contributed by atoms with Crippen LogP contribution in [0.1, 0.15) is 22.3 Å². The van der Waals surface area contributed by atoms with Gasteiger partial charge in [-0.1, -0.05) is 29.3 Å². The summed E-state index contributed by atoms with van der Waals surface area (Å²) < 4.78 is 52.0. The summed E-state index contributed by atoms with van der Waals surface area (Å²) in [6.45, 7) is 0.189. The molecule has 184 valence electrons. The lowest BCUT2D eigenvalue weighted by atomic mass is 10.1. The molecular formula is C24H19Cl2F4N3O2. The fourth-order valence-corrected chi connectivity index (χ4v) is 3.41. The number of hydrogen-bond donors (Lipinski definition) is 2. The van der Waals surface area contributed by atoms with Crippen molar-refractivity contribution in [1.82, 2.24) is 5.32 Å². The molecule has 35 heavy (non-hydrogen) atoms. The van der Waals surface area contributed by atoms with Crippen LogP contribution < -0.4 is 15.5 Å². The first-order chi connectivity index (χ1) is 16.5. The quantitative estimate of drug-likeness (QED) is 0.256. The number of anilines is 2. The third-order valence-corrected chi connectivity index (χ3v) is 5.59. The van der Waals surface area contributed by atoms with Crippen molar-refractivity contribution in [2.45, 2.75) is 12.6 Å². The Morgan fingerprint density at radius 2 is 1.63 bits per heavy atom. The molecule has 0 saturated carbocycles. The number of carbonyl (C=O) groups excluding carboxylic acids is 2. The molecule has 0 saturated heterocycles. The molecule has 11 heteroatoms. The van der Waals surface area contributed by atoms with E-state index in [0.717, 1.165) is 18.2 Å². The fraction of sp³-hybridized carbons (Fsp3) is 0.167. The van der Waals surface area contributed by atoms with E-state index in [1.165, 1.54) is 47.4 Å². The predicted molar refractivity (Wildman–Crippen MR) is 128 cm³/mol. The van der Waals surface area contributed by atoms with Crippen molar-refractivity contribution in [3.63, 3.8) is 0 Å². The highest BCUT2D eigenvalue weighted by Gasteiger charge is 2.30. The van der Waals surface area contributed by atoms with Crippen molar-refractivity contribution in [3.05, 3.63) is 93.7 Å². The van der Waals surface area contributed by atoms with Crippen LogP contribution in [0.4, 0.5) is 33.7 Å². The van der Waals surface area contributed by atoms with Crippen molar-refractivity contribution < 1.29 is 27.2 Å². The summed E-state index contributed by atoms with van der Waals surface area (Å²) in [5.74, 6) is -1.16. The molecule has 0 aliphatic heterocycles. The molecule has 0 aliphatic rings. The maximum Gasteiger partial charge on any atom is 0.416 e. The van der Waals surface area contributed by atoms with E-state index in [0.29, 0.717) is 16.4 Å². The number of alkyl halides is 3. The monoisotopic (exact) mass is 527 g/mol. The summed E-state index contributed by atoms with van der Waals surface area (Å²) in [4.78, 5) is 26.5. The molecular weight excluding hydrogens is 509 g/mol. The Balaban J connectivity index is 1.65. The lowest BCUT2D eigenvalue weighted by Crippen LogP contribution is -2.37. The van der Waals surface area contributed by atoms with E-state index in [1.807, 2.05) is 0 Å². The second kappa shape index (κ2) is 11.4. The number of halogens is 6. The summed E-state index contributed by atoms with van der Waals surface area (Å²) in [7, 11) is 0. The zero-order valence-electron chi connectivity index (χ0n) is 18.0. The van der Waals surface area contributed by atoms with Crippen LogP contribution in [0.5, 0.6) is 0 Å². The van der Waals surface area contributed by atoms with Gasteiger partial charge in [0.05, 0.1) is 15.6 Å². The van der Waals surface area contributed by atoms with E-state index in [4.69, 9.17) is 23.2 Å². The van der Waals surface area contributed by atoms with Gasteiger partial charge in [0.2, 0.25) is 0 Å². The van der Waals surface area contributed by atoms with Crippen LogP contribution in [-0.4, -0.2) is 25.0 Å². The summed E-state index contributed by atoms with van der Waals surface area (Å²) >= 11 is 11.9. The minimum Gasteiger partial charge on any atom is -0.352 e. The normalized spacial score (nSPS) is 11.1. The minimum atomic E-state index is -4.56. The lowest BCUT2D eigenvalue weighted by Gasteiger charge is -2.23. The first-order valence-corrected chi connectivity index (χ1v) is 11.0. The van der Waals surface area contributed by atoms with Gasteiger partial charge >= 0.3 is 12.2 Å². The number of nitrogens with zero attached hydrogens (tertiary/aromatic N) is 1. The van der Waals surface area contributed by atoms with Crippen LogP contribution in [0.15, 0.2) is 66.7 Å². The van der Waals surface area contributed by atoms with Gasteiger partial charge in [0.25, 0.3) is 5.91 Å². The van der Waals surface area contributed by atoms with E-state index in [2.05, 4.69) is 10.6 Å². The topological polar surface area (TPSA) is 61.4 Å². The molecule has 0 atom stereocenters. The van der Waals surface area contributed by atoms with E-state index < -0.39 is 29.5 Å². The SMILES string of the molecule is O=C(NCCCN(C(=O)Nc1ccc(Cl)c(Cl)c1)c1ccc(F)cc1)c1cccc(C(F)(F)F)c1. The number of hydrogen-bond acceptors (Lipinski definition) is 2. The predicted octanol–water partition coefficient (Wildman–Crippen LogP) is 7.01. The van der Waals surface area contributed by atoms with Crippen LogP contribution in [0.2, 0.25) is 10.0 Å². The summed E-state index contributed by atoms with van der Waals surface area (Å²) in [6.07, 6.45) is -4.30. The maximum atomic E-state index is 13.4. The molecule has 3 amide bonds. The van der Waals surface area contributed by atoms with Gasteiger partial charge in [-0.05, 0) is 67.1 Å². The largest absolute Gasteiger partial charge is 0.416 e. The lowest BCUT2D eigenvalue weighted by molar-refractivity contribution is -0.137. The highest BCUT2D eigenvalue weighted by molar-refractivity contribution is 6.42. The molecule has 0 spiro atoms. The zero-order chi connectivity index (χ0) is 25.6. The van der Waals surface area contributed by atoms with Crippen LogP contribution in [0.3, 0.4) is 0 Å². The van der Waals surface area contributed by atoms with Crippen molar-refractivity contribution in [3.8, 4) is 0 Å². The first-order valence-electron chi connectivity index (χ1n) is 10.3. The molecule has 3 rings (SSSR count). The summed E-state index contributed by atoms with van der Waals surface area (Å²) in [5.41, 5.74) is -0.276. The second-order valence-electron chi connectivity index (χ2n) is 7.38. The fourth-order valence-electron chi connectivity index (χ4n) is 3.11. The summed E-state index contributed by atoms with van der Waals surface area (Å²) in [6, 6.07) is 13.3. The molecule has 0 aliphatic carbocycles. The molecule has 0 radical (unpaired) electrons. The molecule has 0 aromatic heterocycles. The molecule has 0 bridgehead atoms. The molecule has 0 heterocycles. The van der Waals surface area contributed by atoms with Gasteiger partial charge in [0.1, 0.15) is 5.82 Å². The molecule has 3 aromatic carbocycles. The third kappa shape index (κ3) is 7.34. The Morgan fingerprint density at radius 3 is 2.29 bits per heavy atom. The van der Waals surface area contributed by atoms with Gasteiger partial charge in [-0.25, -0.2) is 9.18 Å². The summed E-state index contributed by atoms with van der Waals surface area (Å²) in [5, 5.41) is 5.78. The number of carbonyl (C=O) groups is 2. The van der Waals surface area contributed by atoms with Gasteiger partial charge in [-0.2, -0.15) is 13.2 Å². The van der Waals surface area contributed by atoms with Crippen molar-refractivity contribution in [1.29, 1.82) is 0 Å². The van der Waals surface area contributed by atoms with E-state index in [9.17, 15) is 27.2 Å². The van der Waals surface area contributed by atoms with Crippen LogP contribution in [0.25, 0.3) is 0 Å². The maximum absolute atomic E-state index is 13.4. The Bertz CT molecular complexity index is 1200. The first kappa shape index (κ1) is 26.3. The third-order valence-electron chi connectivity index (χ3n) is 4.85. The van der Waals surface area contributed by atoms with Crippen LogP contribution >= 0.6 is 23.2 Å². The Morgan fingerprint density at radius 1 is 0.914 bits per heavy atom. The van der Waals surface area contributed by atoms with Crippen molar-refractivity contribution in [2.75, 3.05) is 23.3 Å². The van der Waals surface area contributed by atoms with Gasteiger partial charge in [0.15, 0.2) is 0 Å². The van der Waals surface area contributed by atoms with E-state index >= 15 is 0 Å².